The van der Waals surface area contributed by atoms with Crippen LogP contribution in [0.1, 0.15) is 30.1 Å². The first-order valence-corrected chi connectivity index (χ1v) is 12.6. The van der Waals surface area contributed by atoms with Crippen LogP contribution in [0.5, 0.6) is 0 Å². The Balaban J connectivity index is 1.33. The van der Waals surface area contributed by atoms with Crippen molar-refractivity contribution in [2.24, 2.45) is 0 Å². The Bertz CT molecular complexity index is 1290. The van der Waals surface area contributed by atoms with Gasteiger partial charge in [0.25, 0.3) is 5.91 Å². The second-order valence-corrected chi connectivity index (χ2v) is 10.1. The van der Waals surface area contributed by atoms with E-state index in [1.54, 1.807) is 48.8 Å². The minimum Gasteiger partial charge on any atom is -0.349 e. The zero-order valence-corrected chi connectivity index (χ0v) is 20.0. The number of carbonyl (C=O) groups excluding carboxylic acids is 2. The highest BCUT2D eigenvalue weighted by Gasteiger charge is 2.30. The van der Waals surface area contributed by atoms with Gasteiger partial charge in [0.05, 0.1) is 4.90 Å². The second kappa shape index (κ2) is 10.6. The summed E-state index contributed by atoms with van der Waals surface area (Å²) in [4.78, 5) is 32.3. The van der Waals surface area contributed by atoms with Gasteiger partial charge in [-0.05, 0) is 61.4 Å². The van der Waals surface area contributed by atoms with Crippen molar-refractivity contribution >= 4 is 39.2 Å². The molecule has 0 atom stereocenters. The Hall–Kier alpha value is -3.83. The van der Waals surface area contributed by atoms with Gasteiger partial charge in [-0.3, -0.25) is 9.59 Å². The molecule has 2 amide bonds. The van der Waals surface area contributed by atoms with E-state index in [0.717, 1.165) is 0 Å². The number of hydrogen-bond donors (Lipinski definition) is 3. The van der Waals surface area contributed by atoms with Crippen LogP contribution in [-0.4, -0.2) is 53.6 Å². The fourth-order valence-electron chi connectivity index (χ4n) is 3.80. The first kappa shape index (κ1) is 24.3. The molecule has 182 valence electrons. The minimum atomic E-state index is -3.66. The molecule has 4 rings (SSSR count). The lowest BCUT2D eigenvalue weighted by atomic mass is 10.1. The van der Waals surface area contributed by atoms with Crippen LogP contribution >= 0.6 is 0 Å². The third kappa shape index (κ3) is 6.19. The predicted molar refractivity (Wildman–Crippen MR) is 132 cm³/mol. The molecule has 0 aliphatic carbocycles. The summed E-state index contributed by atoms with van der Waals surface area (Å²) in [6, 6.07) is 14.7. The standard InChI is InChI=1S/C24H26N6O4S/c1-17(31)27-19-6-8-22(9-7-19)35(33,34)30-14-10-20(11-15-30)28-23(32)18-4-2-5-21(16-18)29-24-25-12-3-13-26-24/h2-9,12-13,16,20H,10-11,14-15H2,1H3,(H,27,31)(H,28,32)(H,25,26,29). The molecule has 0 unspecified atom stereocenters. The molecule has 1 aliphatic rings. The lowest BCUT2D eigenvalue weighted by molar-refractivity contribution is -0.114. The number of nitrogens with one attached hydrogen (secondary N) is 3. The lowest BCUT2D eigenvalue weighted by Crippen LogP contribution is -2.46. The summed E-state index contributed by atoms with van der Waals surface area (Å²) in [5, 5.41) is 8.68. The highest BCUT2D eigenvalue weighted by Crippen LogP contribution is 2.23. The van der Waals surface area contributed by atoms with Crippen LogP contribution in [0.3, 0.4) is 0 Å². The molecule has 2 aromatic carbocycles. The molecule has 2 heterocycles. The third-order valence-electron chi connectivity index (χ3n) is 5.55. The number of carbonyl (C=O) groups is 2. The van der Waals surface area contributed by atoms with Gasteiger partial charge in [-0.2, -0.15) is 4.31 Å². The summed E-state index contributed by atoms with van der Waals surface area (Å²) in [6.07, 6.45) is 4.26. The maximum atomic E-state index is 13.0. The topological polar surface area (TPSA) is 133 Å². The van der Waals surface area contributed by atoms with Crippen molar-refractivity contribution in [2.75, 3.05) is 23.7 Å². The van der Waals surface area contributed by atoms with Crippen molar-refractivity contribution < 1.29 is 18.0 Å². The molecule has 1 aliphatic heterocycles. The molecule has 3 N–H and O–H groups in total. The largest absolute Gasteiger partial charge is 0.349 e. The number of benzene rings is 2. The van der Waals surface area contributed by atoms with E-state index in [1.807, 2.05) is 6.07 Å². The van der Waals surface area contributed by atoms with Crippen LogP contribution in [0.15, 0.2) is 71.9 Å². The highest BCUT2D eigenvalue weighted by atomic mass is 32.2. The van der Waals surface area contributed by atoms with Crippen molar-refractivity contribution in [3.05, 3.63) is 72.6 Å². The van der Waals surface area contributed by atoms with E-state index >= 15 is 0 Å². The molecule has 10 nitrogen and oxygen atoms in total. The summed E-state index contributed by atoms with van der Waals surface area (Å²) in [7, 11) is -3.66. The van der Waals surface area contributed by atoms with E-state index in [9.17, 15) is 18.0 Å². The van der Waals surface area contributed by atoms with E-state index in [4.69, 9.17) is 0 Å². The Morgan fingerprint density at radius 2 is 1.63 bits per heavy atom. The van der Waals surface area contributed by atoms with E-state index < -0.39 is 10.0 Å². The Morgan fingerprint density at radius 1 is 0.943 bits per heavy atom. The first-order valence-electron chi connectivity index (χ1n) is 11.1. The smallest absolute Gasteiger partial charge is 0.251 e. The zero-order valence-electron chi connectivity index (χ0n) is 19.1. The van der Waals surface area contributed by atoms with Crippen LogP contribution in [-0.2, 0) is 14.8 Å². The van der Waals surface area contributed by atoms with Crippen LogP contribution in [0.4, 0.5) is 17.3 Å². The molecule has 1 fully saturated rings. The van der Waals surface area contributed by atoms with Gasteiger partial charge in [0.2, 0.25) is 21.9 Å². The summed E-state index contributed by atoms with van der Waals surface area (Å²) in [5.74, 6) is -0.0150. The third-order valence-corrected chi connectivity index (χ3v) is 7.46. The summed E-state index contributed by atoms with van der Waals surface area (Å²) in [6.45, 7) is 1.99. The predicted octanol–water partition coefficient (Wildman–Crippen LogP) is 2.76. The SMILES string of the molecule is CC(=O)Nc1ccc(S(=O)(=O)N2CCC(NC(=O)c3cccc(Nc4ncccn4)c3)CC2)cc1. The average molecular weight is 495 g/mol. The van der Waals surface area contributed by atoms with Gasteiger partial charge in [-0.1, -0.05) is 6.07 Å². The van der Waals surface area contributed by atoms with Gasteiger partial charge in [0.1, 0.15) is 0 Å². The van der Waals surface area contributed by atoms with Crippen LogP contribution in [0, 0.1) is 0 Å². The summed E-state index contributed by atoms with van der Waals surface area (Å²) in [5.41, 5.74) is 1.71. The number of sulfonamides is 1. The molecule has 3 aromatic rings. The van der Waals surface area contributed by atoms with Gasteiger partial charge in [0.15, 0.2) is 0 Å². The van der Waals surface area contributed by atoms with Gasteiger partial charge in [-0.15, -0.1) is 0 Å². The Morgan fingerprint density at radius 3 is 2.29 bits per heavy atom. The molecular formula is C24H26N6O4S. The molecule has 11 heteroatoms. The van der Waals surface area contributed by atoms with Crippen molar-refractivity contribution in [3.63, 3.8) is 0 Å². The van der Waals surface area contributed by atoms with Crippen LogP contribution in [0.25, 0.3) is 0 Å². The Kier molecular flexibility index (Phi) is 7.37. The van der Waals surface area contributed by atoms with Crippen LogP contribution < -0.4 is 16.0 Å². The normalized spacial score (nSPS) is 14.8. The van der Waals surface area contributed by atoms with Crippen molar-refractivity contribution in [1.29, 1.82) is 0 Å². The summed E-state index contributed by atoms with van der Waals surface area (Å²) < 4.78 is 27.4. The number of hydrogen-bond acceptors (Lipinski definition) is 7. The van der Waals surface area contributed by atoms with Crippen molar-refractivity contribution in [2.45, 2.75) is 30.7 Å². The molecule has 35 heavy (non-hydrogen) atoms. The number of amides is 2. The van der Waals surface area contributed by atoms with Crippen LogP contribution in [0.2, 0.25) is 0 Å². The maximum absolute atomic E-state index is 13.0. The van der Waals surface area contributed by atoms with Gasteiger partial charge < -0.3 is 16.0 Å². The molecule has 0 bridgehead atoms. The Labute approximate surface area is 203 Å². The molecular weight excluding hydrogens is 468 g/mol. The van der Waals surface area contributed by atoms with Crippen molar-refractivity contribution in [1.82, 2.24) is 19.6 Å². The second-order valence-electron chi connectivity index (χ2n) is 8.14. The maximum Gasteiger partial charge on any atom is 0.251 e. The number of piperidine rings is 1. The number of rotatable bonds is 7. The average Bonchev–Trinajstić information content (AvgIpc) is 2.85. The molecule has 1 aromatic heterocycles. The molecule has 0 saturated carbocycles. The highest BCUT2D eigenvalue weighted by molar-refractivity contribution is 7.89. The van der Waals surface area contributed by atoms with Gasteiger partial charge in [0, 0.05) is 55.4 Å². The number of aromatic nitrogens is 2. The quantitative estimate of drug-likeness (QED) is 0.460. The molecule has 0 spiro atoms. The van der Waals surface area contributed by atoms with E-state index in [0.29, 0.717) is 48.8 Å². The van der Waals surface area contributed by atoms with E-state index in [-0.39, 0.29) is 22.8 Å². The van der Waals surface area contributed by atoms with Gasteiger partial charge in [-0.25, -0.2) is 18.4 Å². The summed E-state index contributed by atoms with van der Waals surface area (Å²) >= 11 is 0. The first-order chi connectivity index (χ1) is 16.8. The molecule has 1 saturated heterocycles. The lowest BCUT2D eigenvalue weighted by Gasteiger charge is -2.31. The van der Waals surface area contributed by atoms with E-state index in [2.05, 4.69) is 25.9 Å². The fraction of sp³-hybridized carbons (Fsp3) is 0.250. The minimum absolute atomic E-state index is 0.134. The van der Waals surface area contributed by atoms with E-state index in [1.165, 1.54) is 23.4 Å². The number of anilines is 3. The fourth-order valence-corrected chi connectivity index (χ4v) is 5.27. The molecule has 0 radical (unpaired) electrons. The monoisotopic (exact) mass is 494 g/mol. The number of nitrogens with zero attached hydrogens (tertiary/aromatic N) is 3. The zero-order chi connectivity index (χ0) is 24.8. The van der Waals surface area contributed by atoms with Crippen molar-refractivity contribution in [3.8, 4) is 0 Å². The van der Waals surface area contributed by atoms with Gasteiger partial charge >= 0.3 is 0 Å².